The number of imidazole rings is 1. The Balaban J connectivity index is 0.967. The topological polar surface area (TPSA) is 208 Å². The van der Waals surface area contributed by atoms with Gasteiger partial charge in [0.15, 0.2) is 16.5 Å². The minimum atomic E-state index is -4.63. The van der Waals surface area contributed by atoms with Crippen molar-refractivity contribution in [2.75, 3.05) is 36.5 Å². The van der Waals surface area contributed by atoms with Gasteiger partial charge in [-0.3, -0.25) is 4.79 Å². The van der Waals surface area contributed by atoms with Crippen LogP contribution >= 0.6 is 11.3 Å². The van der Waals surface area contributed by atoms with Crippen molar-refractivity contribution in [1.82, 2.24) is 64.1 Å². The van der Waals surface area contributed by atoms with Gasteiger partial charge in [-0.25, -0.2) is 51.5 Å². The number of carbonyl (C=O) groups excluding carboxylic acids is 1. The van der Waals surface area contributed by atoms with Crippen LogP contribution in [-0.2, 0) is 27.5 Å². The van der Waals surface area contributed by atoms with E-state index in [1.54, 1.807) is 54.0 Å². The Morgan fingerprint density at radius 1 is 0.986 bits per heavy atom. The normalized spacial score (nSPS) is 18.0. The fourth-order valence-electron chi connectivity index (χ4n) is 9.27. The summed E-state index contributed by atoms with van der Waals surface area (Å²) in [6, 6.07) is 8.69. The second-order valence-electron chi connectivity index (χ2n) is 19.3. The Morgan fingerprint density at radius 2 is 1.70 bits per heavy atom. The molecule has 3 fully saturated rings. The minimum absolute atomic E-state index is 0.0354. The Kier molecular flexibility index (Phi) is 12.9. The number of hydrogen-bond acceptors (Lipinski definition) is 16. The number of hydrogen-bond donors (Lipinski definition) is 1. The SMILES string of the molecule is COc1ncnc(C2CC2)c1-c1ncnc(N(CC(=O)N2[C@@H](C)CN(c3cc(S(=O)(=O)NC4(C)CC4)cc4c3cnn4-c3nnc(C(F)F)s3)C[C@@H]2C)Cc2ccc(-c3nc(C(F)(F)F)cn3C(C)C)cc2)n1. The van der Waals surface area contributed by atoms with Crippen LogP contribution in [0.3, 0.4) is 0 Å². The Bertz CT molecular complexity index is 3310. The van der Waals surface area contributed by atoms with Gasteiger partial charge in [0.05, 0.1) is 29.4 Å². The van der Waals surface area contributed by atoms with Crippen LogP contribution < -0.4 is 19.3 Å². The largest absolute Gasteiger partial charge is 0.480 e. The van der Waals surface area contributed by atoms with Gasteiger partial charge in [-0.2, -0.15) is 23.3 Å². The lowest BCUT2D eigenvalue weighted by Crippen LogP contribution is -2.60. The zero-order valence-corrected chi connectivity index (χ0v) is 42.1. The number of anilines is 2. The van der Waals surface area contributed by atoms with Crippen LogP contribution in [0.2, 0.25) is 0 Å². The standard InChI is InChI=1S/C47H50F5N15O4S2/c1-25(2)65-21-35(47(50,51)52)58-41(65)30-9-7-28(8-10-30)20-64(44-56-24-54-40(59-44)37-38(29-11-12-29)53-23-55-42(37)71-6)22-36(68)66-26(3)18-63(19-27(66)4)33-15-31(73(69,70)62-46(5)13-14-46)16-34-32(33)17-57-67(34)45-61-60-43(72-45)39(48)49/h7-10,15-17,21,23-27,29,39,62H,11-14,18-20,22H2,1-6H3/t26-,27-/m0/s1. The number of amides is 1. The molecule has 2 atom stereocenters. The highest BCUT2D eigenvalue weighted by molar-refractivity contribution is 7.89. The molecule has 0 unspecified atom stereocenters. The first-order valence-electron chi connectivity index (χ1n) is 23.5. The average molecular weight is 1050 g/mol. The van der Waals surface area contributed by atoms with E-state index in [0.717, 1.165) is 24.7 Å². The van der Waals surface area contributed by atoms with Gasteiger partial charge in [-0.1, -0.05) is 35.6 Å². The summed E-state index contributed by atoms with van der Waals surface area (Å²) in [5.41, 5.74) is 1.63. The summed E-state index contributed by atoms with van der Waals surface area (Å²) in [6.07, 6.45) is 0.994. The predicted molar refractivity (Wildman–Crippen MR) is 259 cm³/mol. The summed E-state index contributed by atoms with van der Waals surface area (Å²) >= 11 is 0.644. The molecule has 2 saturated carbocycles. The van der Waals surface area contributed by atoms with E-state index in [1.807, 2.05) is 25.7 Å². The third-order valence-electron chi connectivity index (χ3n) is 13.2. The lowest BCUT2D eigenvalue weighted by Gasteiger charge is -2.46. The summed E-state index contributed by atoms with van der Waals surface area (Å²) in [5, 5.41) is 12.1. The third kappa shape index (κ3) is 10.0. The van der Waals surface area contributed by atoms with E-state index in [-0.39, 0.29) is 77.6 Å². The molecule has 5 aromatic heterocycles. The highest BCUT2D eigenvalue weighted by Gasteiger charge is 2.42. The summed E-state index contributed by atoms with van der Waals surface area (Å²) in [5.74, 6) is 0.725. The molecule has 1 amide bonds. The van der Waals surface area contributed by atoms with Crippen LogP contribution in [0.1, 0.15) is 101 Å². The molecular weight excluding hydrogens is 998 g/mol. The van der Waals surface area contributed by atoms with Gasteiger partial charge in [0, 0.05) is 72.1 Å². The summed E-state index contributed by atoms with van der Waals surface area (Å²) in [6.45, 7) is 9.54. The third-order valence-corrected chi connectivity index (χ3v) is 15.8. The molecule has 0 bridgehead atoms. The number of aromatic nitrogens is 11. The fourth-order valence-corrected chi connectivity index (χ4v) is 11.4. The van der Waals surface area contributed by atoms with E-state index in [0.29, 0.717) is 57.5 Å². The van der Waals surface area contributed by atoms with Crippen molar-refractivity contribution in [1.29, 1.82) is 0 Å². The maximum Gasteiger partial charge on any atom is 0.434 e. The quantitative estimate of drug-likeness (QED) is 0.0918. The maximum absolute atomic E-state index is 14.9. The van der Waals surface area contributed by atoms with E-state index < -0.39 is 50.9 Å². The highest BCUT2D eigenvalue weighted by atomic mass is 32.2. The number of nitrogens with zero attached hydrogens (tertiary/aromatic N) is 14. The molecule has 2 aliphatic carbocycles. The molecule has 6 heterocycles. The van der Waals surface area contributed by atoms with Gasteiger partial charge in [-0.15, -0.1) is 10.2 Å². The molecule has 2 aromatic carbocycles. The van der Waals surface area contributed by atoms with Crippen molar-refractivity contribution >= 4 is 49.8 Å². The number of benzene rings is 2. The van der Waals surface area contributed by atoms with E-state index in [9.17, 15) is 35.2 Å². The fraction of sp³-hybridized carbons (Fsp3) is 0.447. The van der Waals surface area contributed by atoms with E-state index >= 15 is 0 Å². The number of rotatable bonds is 16. The van der Waals surface area contributed by atoms with Crippen LogP contribution in [0.4, 0.5) is 33.6 Å². The van der Waals surface area contributed by atoms with E-state index in [1.165, 1.54) is 41.3 Å². The Labute approximate surface area is 419 Å². The van der Waals surface area contributed by atoms with E-state index in [2.05, 4.69) is 44.9 Å². The summed E-state index contributed by atoms with van der Waals surface area (Å²) in [7, 11) is -2.59. The molecule has 0 radical (unpaired) electrons. The van der Waals surface area contributed by atoms with Gasteiger partial charge >= 0.3 is 6.18 Å². The molecule has 26 heteroatoms. The van der Waals surface area contributed by atoms with Crippen molar-refractivity contribution < 1.29 is 39.9 Å². The molecule has 10 rings (SSSR count). The molecular formula is C47H50F5N15O4S2. The molecule has 1 N–H and O–H groups in total. The minimum Gasteiger partial charge on any atom is -0.480 e. The number of ether oxygens (including phenoxy) is 1. The van der Waals surface area contributed by atoms with Crippen LogP contribution in [0.5, 0.6) is 5.88 Å². The first-order valence-corrected chi connectivity index (χ1v) is 25.8. The van der Waals surface area contributed by atoms with Crippen molar-refractivity contribution in [2.45, 2.75) is 114 Å². The number of methoxy groups -OCH3 is 1. The van der Waals surface area contributed by atoms with Gasteiger partial charge in [0.1, 0.15) is 30.6 Å². The number of fused-ring (bicyclic) bond motifs is 1. The molecule has 19 nitrogen and oxygen atoms in total. The molecule has 1 aliphatic heterocycles. The zero-order valence-electron chi connectivity index (χ0n) is 40.4. The van der Waals surface area contributed by atoms with Crippen molar-refractivity contribution in [3.63, 3.8) is 0 Å². The highest BCUT2D eigenvalue weighted by Crippen LogP contribution is 2.45. The number of piperazine rings is 1. The van der Waals surface area contributed by atoms with Gasteiger partial charge < -0.3 is 24.0 Å². The molecule has 7 aromatic rings. The Hall–Kier alpha value is -6.80. The second kappa shape index (κ2) is 18.9. The molecule has 1 saturated heterocycles. The molecule has 384 valence electrons. The maximum atomic E-state index is 14.9. The van der Waals surface area contributed by atoms with Crippen molar-refractivity contribution in [3.8, 4) is 33.8 Å². The monoisotopic (exact) mass is 1050 g/mol. The van der Waals surface area contributed by atoms with Crippen LogP contribution in [0.25, 0.3) is 38.8 Å². The number of nitrogens with one attached hydrogen (secondary N) is 1. The zero-order chi connectivity index (χ0) is 51.7. The van der Waals surface area contributed by atoms with Crippen molar-refractivity contribution in [3.05, 3.63) is 83.4 Å². The average Bonchev–Trinajstić information content (AvgIpc) is 4.11. The van der Waals surface area contributed by atoms with Gasteiger partial charge in [-0.05, 0) is 78.0 Å². The number of carbonyl (C=O) groups is 1. The second-order valence-corrected chi connectivity index (χ2v) is 21.9. The van der Waals surface area contributed by atoms with Crippen molar-refractivity contribution in [2.24, 2.45) is 0 Å². The smallest absolute Gasteiger partial charge is 0.434 e. The first-order chi connectivity index (χ1) is 34.7. The predicted octanol–water partition coefficient (Wildman–Crippen LogP) is 7.77. The number of halogens is 5. The van der Waals surface area contributed by atoms with Gasteiger partial charge in [0.2, 0.25) is 32.9 Å². The van der Waals surface area contributed by atoms with Gasteiger partial charge in [0.25, 0.3) is 6.43 Å². The Morgan fingerprint density at radius 3 is 2.33 bits per heavy atom. The number of sulfonamides is 1. The van der Waals surface area contributed by atoms with Crippen LogP contribution in [-0.4, -0.2) is 118 Å². The lowest BCUT2D eigenvalue weighted by atomic mass is 10.1. The molecule has 73 heavy (non-hydrogen) atoms. The summed E-state index contributed by atoms with van der Waals surface area (Å²) < 4.78 is 108. The first kappa shape index (κ1) is 49.8. The molecule has 3 aliphatic rings. The van der Waals surface area contributed by atoms with Crippen LogP contribution in [0, 0.1) is 0 Å². The lowest BCUT2D eigenvalue weighted by molar-refractivity contribution is -0.141. The number of alkyl halides is 5. The summed E-state index contributed by atoms with van der Waals surface area (Å²) in [4.78, 5) is 47.1. The van der Waals surface area contributed by atoms with Crippen LogP contribution in [0.15, 0.2) is 66.3 Å². The van der Waals surface area contributed by atoms with E-state index in [4.69, 9.17) is 9.72 Å². The molecule has 0 spiro atoms.